The number of β-amino-alcohol motifs (C(OH)–C–C–N with tert-alkyl or cyclic N) is 1. The van der Waals surface area contributed by atoms with Gasteiger partial charge >= 0.3 is 6.09 Å². The van der Waals surface area contributed by atoms with Crippen molar-refractivity contribution in [2.24, 2.45) is 0 Å². The molecule has 4 rings (SSSR count). The number of rotatable bonds is 14. The van der Waals surface area contributed by atoms with E-state index in [2.05, 4.69) is 10.6 Å². The third kappa shape index (κ3) is 9.14. The maximum atomic E-state index is 14.7. The van der Waals surface area contributed by atoms with Crippen molar-refractivity contribution in [2.45, 2.75) is 62.4 Å². The maximum Gasteiger partial charge on any atom is 0.408 e. The van der Waals surface area contributed by atoms with E-state index in [0.29, 0.717) is 11.1 Å². The van der Waals surface area contributed by atoms with Gasteiger partial charge in [-0.25, -0.2) is 4.79 Å². The summed E-state index contributed by atoms with van der Waals surface area (Å²) in [5.41, 5.74) is 0.383. The minimum atomic E-state index is -1.72. The number of alkyl carbamates (subject to hydrolysis) is 1. The quantitative estimate of drug-likeness (QED) is 0.218. The lowest BCUT2D eigenvalue weighted by Crippen LogP contribution is -2.64. The Morgan fingerprint density at radius 2 is 1.37 bits per heavy atom. The van der Waals surface area contributed by atoms with Crippen LogP contribution in [0.3, 0.4) is 0 Å². The maximum absolute atomic E-state index is 14.7. The average molecular weight is 630 g/mol. The number of aliphatic carboxylic acids is 2. The van der Waals surface area contributed by atoms with E-state index < -0.39 is 66.4 Å². The summed E-state index contributed by atoms with van der Waals surface area (Å²) in [7, 11) is 0. The fraction of sp³-hybridized carbons (Fsp3) is 0.324. The van der Waals surface area contributed by atoms with E-state index >= 15 is 0 Å². The molecule has 0 radical (unpaired) electrons. The number of carbonyl (C=O) groups is 5. The number of hydrogen-bond donors (Lipinski definition) is 3. The number of nitrogens with one attached hydrogen (secondary N) is 2. The molecule has 0 bridgehead atoms. The van der Waals surface area contributed by atoms with Crippen molar-refractivity contribution in [2.75, 3.05) is 6.54 Å². The Bertz CT molecular complexity index is 1460. The number of ether oxygens (including phenoxy) is 1. The van der Waals surface area contributed by atoms with Crippen LogP contribution in [0.25, 0.3) is 0 Å². The molecule has 0 spiro atoms. The molecule has 242 valence electrons. The van der Waals surface area contributed by atoms with Crippen LogP contribution in [0.2, 0.25) is 0 Å². The third-order valence-electron chi connectivity index (χ3n) is 7.74. The number of likely N-dealkylation sites (tertiary alicyclic amines) is 1. The molecule has 3 atom stereocenters. The van der Waals surface area contributed by atoms with Gasteiger partial charge in [-0.3, -0.25) is 9.59 Å². The van der Waals surface area contributed by atoms with E-state index in [9.17, 15) is 39.3 Å². The van der Waals surface area contributed by atoms with Crippen LogP contribution in [0, 0.1) is 0 Å². The molecule has 0 saturated carbocycles. The van der Waals surface area contributed by atoms with Crippen LogP contribution in [0.4, 0.5) is 4.79 Å². The number of aliphatic hydroxyl groups is 1. The number of carboxylic acid groups (broad SMARTS) is 2. The number of carboxylic acids is 2. The first-order valence-corrected chi connectivity index (χ1v) is 14.8. The molecule has 46 heavy (non-hydrogen) atoms. The molecule has 1 saturated heterocycles. The van der Waals surface area contributed by atoms with Gasteiger partial charge in [-0.2, -0.15) is 0 Å². The second-order valence-corrected chi connectivity index (χ2v) is 11.2. The average Bonchev–Trinajstić information content (AvgIpc) is 3.44. The van der Waals surface area contributed by atoms with Gasteiger partial charge in [0.1, 0.15) is 18.2 Å². The molecule has 0 aromatic heterocycles. The minimum absolute atomic E-state index is 0.0176. The van der Waals surface area contributed by atoms with E-state index in [1.165, 1.54) is 0 Å². The molecule has 1 aliphatic heterocycles. The lowest BCUT2D eigenvalue weighted by molar-refractivity contribution is -0.310. The summed E-state index contributed by atoms with van der Waals surface area (Å²) in [5, 5.41) is 38.2. The molecular weight excluding hydrogens is 594 g/mol. The molecule has 0 aliphatic carbocycles. The number of benzene rings is 3. The van der Waals surface area contributed by atoms with Gasteiger partial charge in [-0.15, -0.1) is 0 Å². The van der Waals surface area contributed by atoms with Crippen molar-refractivity contribution in [3.05, 3.63) is 108 Å². The van der Waals surface area contributed by atoms with Gasteiger partial charge < -0.3 is 45.2 Å². The normalized spacial score (nSPS) is 16.7. The first-order chi connectivity index (χ1) is 22.1. The predicted octanol–water partition coefficient (Wildman–Crippen LogP) is -0.136. The molecule has 1 heterocycles. The van der Waals surface area contributed by atoms with Crippen molar-refractivity contribution in [3.63, 3.8) is 0 Å². The zero-order valence-electron chi connectivity index (χ0n) is 25.0. The van der Waals surface area contributed by atoms with Gasteiger partial charge in [-0.1, -0.05) is 91.0 Å². The van der Waals surface area contributed by atoms with E-state index in [-0.39, 0.29) is 32.4 Å². The number of carbonyl (C=O) groups excluding carboxylic acids is 5. The fourth-order valence-electron chi connectivity index (χ4n) is 5.54. The molecule has 12 nitrogen and oxygen atoms in total. The Morgan fingerprint density at radius 3 is 1.87 bits per heavy atom. The highest BCUT2D eigenvalue weighted by Crippen LogP contribution is 2.28. The van der Waals surface area contributed by atoms with Crippen molar-refractivity contribution in [1.82, 2.24) is 15.5 Å². The Hall–Kier alpha value is -5.23. The summed E-state index contributed by atoms with van der Waals surface area (Å²) in [6, 6.07) is 23.8. The Kier molecular flexibility index (Phi) is 11.5. The molecule has 1 fully saturated rings. The SMILES string of the molecule is O=C([O-])CC[C@H](NC(=O)[C@@H]1C[C@@H](O)CN1C(=O)C(Cc1ccccc1)(Cc1ccccc1)NC(=O)OCc1ccccc1)C(=O)[O-]. The Balaban J connectivity index is 1.69. The summed E-state index contributed by atoms with van der Waals surface area (Å²) < 4.78 is 5.52. The number of nitrogens with zero attached hydrogens (tertiary/aromatic N) is 1. The number of hydrogen-bond acceptors (Lipinski definition) is 9. The van der Waals surface area contributed by atoms with Crippen molar-refractivity contribution in [1.29, 1.82) is 0 Å². The molecule has 3 amide bonds. The molecule has 3 aromatic carbocycles. The monoisotopic (exact) mass is 629 g/mol. The largest absolute Gasteiger partial charge is 0.550 e. The molecule has 3 aromatic rings. The highest BCUT2D eigenvalue weighted by atomic mass is 16.5. The zero-order valence-corrected chi connectivity index (χ0v) is 25.0. The van der Waals surface area contributed by atoms with E-state index in [4.69, 9.17) is 4.74 Å². The highest BCUT2D eigenvalue weighted by molar-refractivity contribution is 5.96. The third-order valence-corrected chi connectivity index (χ3v) is 7.74. The standard InChI is InChI=1S/C34H37N3O9/c38-26-18-28(30(41)35-27(31(42)43)16-17-29(39)40)37(21-26)32(44)34(19-23-10-4-1-5-11-23,20-24-12-6-2-7-13-24)36-33(45)46-22-25-14-8-3-9-15-25/h1-15,26-28,38H,16-22H2,(H,35,41)(H,36,45)(H,39,40)(H,42,43)/p-2/t26-,27+,28+/m1/s1. The minimum Gasteiger partial charge on any atom is -0.550 e. The van der Waals surface area contributed by atoms with Crippen LogP contribution in [0.15, 0.2) is 91.0 Å². The van der Waals surface area contributed by atoms with E-state index in [0.717, 1.165) is 10.5 Å². The first-order valence-electron chi connectivity index (χ1n) is 14.8. The van der Waals surface area contributed by atoms with Crippen LogP contribution in [0.5, 0.6) is 0 Å². The summed E-state index contributed by atoms with van der Waals surface area (Å²) in [4.78, 5) is 65.2. The van der Waals surface area contributed by atoms with Crippen LogP contribution >= 0.6 is 0 Å². The summed E-state index contributed by atoms with van der Waals surface area (Å²) in [5.74, 6) is -4.84. The smallest absolute Gasteiger partial charge is 0.408 e. The zero-order chi connectivity index (χ0) is 33.1. The van der Waals surface area contributed by atoms with Gasteiger partial charge in [-0.05, 0) is 29.5 Å². The summed E-state index contributed by atoms with van der Waals surface area (Å²) >= 11 is 0. The lowest BCUT2D eigenvalue weighted by atomic mass is 9.83. The van der Waals surface area contributed by atoms with Crippen LogP contribution < -0.4 is 20.8 Å². The van der Waals surface area contributed by atoms with E-state index in [1.54, 1.807) is 84.9 Å². The molecule has 0 unspecified atom stereocenters. The van der Waals surface area contributed by atoms with Gasteiger partial charge in [0.15, 0.2) is 0 Å². The second-order valence-electron chi connectivity index (χ2n) is 11.2. The second kappa shape index (κ2) is 15.7. The summed E-state index contributed by atoms with van der Waals surface area (Å²) in [6.07, 6.45) is -3.43. The fourth-order valence-corrected chi connectivity index (χ4v) is 5.54. The van der Waals surface area contributed by atoms with Crippen molar-refractivity contribution in [3.8, 4) is 0 Å². The highest BCUT2D eigenvalue weighted by Gasteiger charge is 2.49. The van der Waals surface area contributed by atoms with Gasteiger partial charge in [0, 0.05) is 31.8 Å². The number of aliphatic hydroxyl groups excluding tert-OH is 1. The Labute approximate surface area is 266 Å². The van der Waals surface area contributed by atoms with Crippen LogP contribution in [-0.4, -0.2) is 70.1 Å². The summed E-state index contributed by atoms with van der Waals surface area (Å²) in [6.45, 7) is -0.352. The number of amides is 3. The van der Waals surface area contributed by atoms with Gasteiger partial charge in [0.05, 0.1) is 18.1 Å². The molecule has 3 N–H and O–H groups in total. The van der Waals surface area contributed by atoms with Crippen molar-refractivity contribution >= 4 is 29.8 Å². The van der Waals surface area contributed by atoms with Gasteiger partial charge in [0.2, 0.25) is 11.8 Å². The lowest BCUT2D eigenvalue weighted by Gasteiger charge is -2.38. The molecule has 1 aliphatic rings. The Morgan fingerprint density at radius 1 is 0.848 bits per heavy atom. The van der Waals surface area contributed by atoms with Crippen LogP contribution in [-0.2, 0) is 43.4 Å². The van der Waals surface area contributed by atoms with Crippen LogP contribution in [0.1, 0.15) is 36.0 Å². The molecule has 12 heteroatoms. The van der Waals surface area contributed by atoms with Gasteiger partial charge in [0.25, 0.3) is 0 Å². The van der Waals surface area contributed by atoms with E-state index in [1.807, 2.05) is 6.07 Å². The topological polar surface area (TPSA) is 188 Å². The predicted molar refractivity (Wildman–Crippen MR) is 160 cm³/mol. The molecular formula is C34H35N3O9-2. The first kappa shape index (κ1) is 33.7. The van der Waals surface area contributed by atoms with Crippen molar-refractivity contribution < 1.29 is 44.0 Å².